The molecular formula is C26H39NO7. The predicted molar refractivity (Wildman–Crippen MR) is 131 cm³/mol. The van der Waals surface area contributed by atoms with Gasteiger partial charge in [-0.1, -0.05) is 25.1 Å². The van der Waals surface area contributed by atoms with Crippen molar-refractivity contribution in [3.63, 3.8) is 0 Å². The fourth-order valence-electron chi connectivity index (χ4n) is 3.06. The number of hydrogen-bond acceptors (Lipinski definition) is 7. The van der Waals surface area contributed by atoms with Gasteiger partial charge in [0.25, 0.3) is 5.56 Å². The van der Waals surface area contributed by atoms with E-state index < -0.39 is 0 Å². The smallest absolute Gasteiger partial charge is 0.255 e. The van der Waals surface area contributed by atoms with Crippen molar-refractivity contribution in [3.05, 3.63) is 64.1 Å². The number of aryl methyl sites for hydroxylation is 1. The van der Waals surface area contributed by atoms with Crippen LogP contribution in [0.1, 0.15) is 24.5 Å². The fraction of sp³-hybridized carbons (Fsp3) is 0.577. The SMILES string of the molecule is CCC(COCCOCCOCCOCCOC)OCc1ccc(-n2cc(C)ccc2=O)cc1. The number of methoxy groups -OCH3 is 1. The molecule has 0 saturated heterocycles. The highest BCUT2D eigenvalue weighted by Gasteiger charge is 2.08. The van der Waals surface area contributed by atoms with Crippen molar-refractivity contribution in [1.82, 2.24) is 4.57 Å². The van der Waals surface area contributed by atoms with Gasteiger partial charge in [0.2, 0.25) is 0 Å². The molecular weight excluding hydrogens is 438 g/mol. The molecule has 1 aromatic heterocycles. The molecule has 0 bridgehead atoms. The van der Waals surface area contributed by atoms with Crippen molar-refractivity contribution < 1.29 is 28.4 Å². The second-order valence-electron chi connectivity index (χ2n) is 7.83. The zero-order valence-corrected chi connectivity index (χ0v) is 20.7. The van der Waals surface area contributed by atoms with Crippen LogP contribution in [-0.2, 0) is 35.0 Å². The van der Waals surface area contributed by atoms with Gasteiger partial charge in [0, 0.05) is 25.1 Å². The van der Waals surface area contributed by atoms with Crippen LogP contribution in [0, 0.1) is 6.92 Å². The summed E-state index contributed by atoms with van der Waals surface area (Å²) < 4.78 is 34.5. The Kier molecular flexibility index (Phi) is 14.4. The van der Waals surface area contributed by atoms with Gasteiger partial charge < -0.3 is 28.4 Å². The van der Waals surface area contributed by atoms with Crippen LogP contribution in [0.2, 0.25) is 0 Å². The van der Waals surface area contributed by atoms with E-state index in [0.29, 0.717) is 66.1 Å². The van der Waals surface area contributed by atoms with Crippen molar-refractivity contribution in [1.29, 1.82) is 0 Å². The molecule has 1 unspecified atom stereocenters. The maximum Gasteiger partial charge on any atom is 0.255 e. The Morgan fingerprint density at radius 2 is 1.38 bits per heavy atom. The topological polar surface area (TPSA) is 77.4 Å². The van der Waals surface area contributed by atoms with E-state index in [9.17, 15) is 4.79 Å². The normalized spacial score (nSPS) is 12.2. The molecule has 0 aliphatic heterocycles. The molecule has 34 heavy (non-hydrogen) atoms. The molecule has 0 spiro atoms. The average Bonchev–Trinajstić information content (AvgIpc) is 2.85. The molecule has 190 valence electrons. The summed E-state index contributed by atoms with van der Waals surface area (Å²) in [5.74, 6) is 0. The van der Waals surface area contributed by atoms with Crippen molar-refractivity contribution in [2.24, 2.45) is 0 Å². The van der Waals surface area contributed by atoms with Crippen LogP contribution >= 0.6 is 0 Å². The average molecular weight is 478 g/mol. The molecule has 2 aromatic rings. The molecule has 8 nitrogen and oxygen atoms in total. The summed E-state index contributed by atoms with van der Waals surface area (Å²) in [6.07, 6.45) is 2.72. The molecule has 0 radical (unpaired) electrons. The molecule has 1 atom stereocenters. The first-order valence-electron chi connectivity index (χ1n) is 11.8. The maximum absolute atomic E-state index is 12.1. The summed E-state index contributed by atoms with van der Waals surface area (Å²) >= 11 is 0. The molecule has 1 heterocycles. The molecule has 8 heteroatoms. The maximum atomic E-state index is 12.1. The molecule has 0 aliphatic carbocycles. The van der Waals surface area contributed by atoms with Crippen LogP contribution in [0.15, 0.2) is 47.4 Å². The first-order valence-corrected chi connectivity index (χ1v) is 11.8. The first kappa shape index (κ1) is 28.2. The minimum Gasteiger partial charge on any atom is -0.382 e. The molecule has 1 aromatic carbocycles. The largest absolute Gasteiger partial charge is 0.382 e. The van der Waals surface area contributed by atoms with Gasteiger partial charge in [0.1, 0.15) is 0 Å². The summed E-state index contributed by atoms with van der Waals surface area (Å²) in [5, 5.41) is 0. The summed E-state index contributed by atoms with van der Waals surface area (Å²) in [6, 6.07) is 11.2. The van der Waals surface area contributed by atoms with E-state index >= 15 is 0 Å². The van der Waals surface area contributed by atoms with Gasteiger partial charge in [-0.15, -0.1) is 0 Å². The quantitative estimate of drug-likeness (QED) is 0.288. The lowest BCUT2D eigenvalue weighted by molar-refractivity contribution is -0.0447. The summed E-state index contributed by atoms with van der Waals surface area (Å²) in [4.78, 5) is 12.1. The number of ether oxygens (including phenoxy) is 6. The van der Waals surface area contributed by atoms with E-state index in [1.165, 1.54) is 0 Å². The molecule has 0 amide bonds. The fourth-order valence-corrected chi connectivity index (χ4v) is 3.06. The van der Waals surface area contributed by atoms with Gasteiger partial charge in [-0.05, 0) is 36.6 Å². The van der Waals surface area contributed by atoms with E-state index in [-0.39, 0.29) is 11.7 Å². The van der Waals surface area contributed by atoms with Crippen molar-refractivity contribution in [3.8, 4) is 5.69 Å². The lowest BCUT2D eigenvalue weighted by Crippen LogP contribution is -2.21. The van der Waals surface area contributed by atoms with Gasteiger partial charge in [-0.3, -0.25) is 9.36 Å². The Labute approximate surface area is 202 Å². The van der Waals surface area contributed by atoms with Crippen molar-refractivity contribution in [2.45, 2.75) is 33.0 Å². The van der Waals surface area contributed by atoms with Crippen LogP contribution in [0.5, 0.6) is 0 Å². The van der Waals surface area contributed by atoms with E-state index in [0.717, 1.165) is 23.2 Å². The Hall–Kier alpha value is -2.07. The second-order valence-corrected chi connectivity index (χ2v) is 7.83. The van der Waals surface area contributed by atoms with E-state index in [4.69, 9.17) is 28.4 Å². The van der Waals surface area contributed by atoms with Crippen LogP contribution in [0.25, 0.3) is 5.69 Å². The highest BCUT2D eigenvalue weighted by Crippen LogP contribution is 2.11. The minimum atomic E-state index is -0.0439. The van der Waals surface area contributed by atoms with Gasteiger partial charge in [0.15, 0.2) is 0 Å². The zero-order valence-electron chi connectivity index (χ0n) is 20.7. The summed E-state index contributed by atoms with van der Waals surface area (Å²) in [7, 11) is 1.65. The third-order valence-electron chi connectivity index (χ3n) is 5.07. The zero-order chi connectivity index (χ0) is 24.4. The number of benzene rings is 1. The Morgan fingerprint density at radius 1 is 0.794 bits per heavy atom. The third kappa shape index (κ3) is 11.4. The van der Waals surface area contributed by atoms with E-state index in [1.807, 2.05) is 43.5 Å². The number of pyridine rings is 1. The highest BCUT2D eigenvalue weighted by molar-refractivity contribution is 5.35. The monoisotopic (exact) mass is 477 g/mol. The van der Waals surface area contributed by atoms with Crippen molar-refractivity contribution >= 4 is 0 Å². The molecule has 2 rings (SSSR count). The predicted octanol–water partition coefficient (Wildman–Crippen LogP) is 3.15. The Bertz CT molecular complexity index is 838. The third-order valence-corrected chi connectivity index (χ3v) is 5.07. The van der Waals surface area contributed by atoms with E-state index in [1.54, 1.807) is 17.7 Å². The molecule has 0 saturated carbocycles. The Balaban J connectivity index is 1.55. The lowest BCUT2D eigenvalue weighted by Gasteiger charge is -2.17. The standard InChI is InChI=1S/C26H39NO7/c1-4-25(21-33-18-17-32-16-15-31-14-13-30-12-11-29-3)34-20-23-6-8-24(9-7-23)27-19-22(2)5-10-26(27)28/h5-10,19,25H,4,11-18,20-21H2,1-3H3. The number of hydrogen-bond donors (Lipinski definition) is 0. The molecule has 0 aliphatic rings. The van der Waals surface area contributed by atoms with Gasteiger partial charge in [-0.25, -0.2) is 0 Å². The number of aromatic nitrogens is 1. The lowest BCUT2D eigenvalue weighted by atomic mass is 10.2. The van der Waals surface area contributed by atoms with E-state index in [2.05, 4.69) is 6.92 Å². The minimum absolute atomic E-state index is 0.0144. The van der Waals surface area contributed by atoms with Gasteiger partial charge in [0.05, 0.1) is 72.2 Å². The molecule has 0 fully saturated rings. The first-order chi connectivity index (χ1) is 16.6. The van der Waals surface area contributed by atoms with Crippen LogP contribution in [-0.4, -0.2) is 77.2 Å². The summed E-state index contributed by atoms with van der Waals surface area (Å²) in [6.45, 7) is 9.43. The van der Waals surface area contributed by atoms with Crippen LogP contribution in [0.3, 0.4) is 0 Å². The van der Waals surface area contributed by atoms with Crippen molar-refractivity contribution in [2.75, 3.05) is 66.6 Å². The molecule has 0 N–H and O–H groups in total. The van der Waals surface area contributed by atoms with Crippen LogP contribution in [0.4, 0.5) is 0 Å². The summed E-state index contributed by atoms with van der Waals surface area (Å²) in [5.41, 5.74) is 2.89. The number of rotatable bonds is 19. The second kappa shape index (κ2) is 17.4. The Morgan fingerprint density at radius 3 is 1.97 bits per heavy atom. The van der Waals surface area contributed by atoms with Gasteiger partial charge in [-0.2, -0.15) is 0 Å². The number of nitrogens with zero attached hydrogens (tertiary/aromatic N) is 1. The highest BCUT2D eigenvalue weighted by atomic mass is 16.6. The van der Waals surface area contributed by atoms with Crippen LogP contribution < -0.4 is 5.56 Å². The van der Waals surface area contributed by atoms with Gasteiger partial charge >= 0.3 is 0 Å².